The third-order valence-corrected chi connectivity index (χ3v) is 9.38. The van der Waals surface area contributed by atoms with Gasteiger partial charge in [-0.2, -0.15) is 0 Å². The second-order valence-corrected chi connectivity index (χ2v) is 17.8. The van der Waals surface area contributed by atoms with Crippen LogP contribution in [0.4, 0.5) is 0 Å². The minimum absolute atomic E-state index is 0.0280. The Labute approximate surface area is 230 Å². The average molecular weight is 633 g/mol. The number of likely N-dealkylation sites (tertiary alicyclic amines) is 1. The molecule has 4 aromatic rings. The molecule has 11 heteroatoms. The number of halogens is 1. The minimum Gasteiger partial charge on any atom is -0.361 e. The molecular formula is C26H33IN6O3Si. The zero-order valence-electron chi connectivity index (χ0n) is 21.8. The van der Waals surface area contributed by atoms with Crippen molar-refractivity contribution in [3.8, 4) is 11.4 Å². The van der Waals surface area contributed by atoms with Gasteiger partial charge < -0.3 is 9.64 Å². The molecule has 1 aliphatic heterocycles. The number of aromatic nitrogens is 5. The van der Waals surface area contributed by atoms with E-state index in [4.69, 9.17) is 9.72 Å². The van der Waals surface area contributed by atoms with Crippen LogP contribution >= 0.6 is 22.6 Å². The Kier molecular flexibility index (Phi) is 7.29. The molecule has 0 radical (unpaired) electrons. The molecule has 1 aliphatic rings. The van der Waals surface area contributed by atoms with Crippen molar-refractivity contribution >= 4 is 53.4 Å². The first-order valence-electron chi connectivity index (χ1n) is 12.7. The molecule has 0 aliphatic carbocycles. The topological polar surface area (TPSA) is 86.7 Å². The Morgan fingerprint density at radius 3 is 2.62 bits per heavy atom. The maximum Gasteiger partial charge on any atom is 0.332 e. The number of amides is 1. The lowest BCUT2D eigenvalue weighted by Crippen LogP contribution is -2.40. The number of ether oxygens (including phenoxy) is 1. The van der Waals surface area contributed by atoms with Gasteiger partial charge in [0.2, 0.25) is 5.91 Å². The van der Waals surface area contributed by atoms with Crippen molar-refractivity contribution in [3.63, 3.8) is 0 Å². The quantitative estimate of drug-likeness (QED) is 0.169. The summed E-state index contributed by atoms with van der Waals surface area (Å²) in [4.78, 5) is 37.0. The summed E-state index contributed by atoms with van der Waals surface area (Å²) in [6.45, 7) is 10.7. The monoisotopic (exact) mass is 632 g/mol. The van der Waals surface area contributed by atoms with Gasteiger partial charge in [0.1, 0.15) is 12.4 Å². The van der Waals surface area contributed by atoms with Gasteiger partial charge in [0.05, 0.1) is 23.1 Å². The van der Waals surface area contributed by atoms with Gasteiger partial charge in [-0.15, -0.1) is 0 Å². The van der Waals surface area contributed by atoms with Crippen LogP contribution in [-0.2, 0) is 16.3 Å². The molecule has 9 nitrogen and oxygen atoms in total. The molecule has 0 atom stereocenters. The molecule has 1 fully saturated rings. The molecule has 5 rings (SSSR count). The van der Waals surface area contributed by atoms with E-state index in [0.717, 1.165) is 45.0 Å². The van der Waals surface area contributed by atoms with Crippen LogP contribution in [0.25, 0.3) is 28.2 Å². The van der Waals surface area contributed by atoms with E-state index in [-0.39, 0.29) is 24.4 Å². The highest BCUT2D eigenvalue weighted by Gasteiger charge is 2.27. The fraction of sp³-hybridized carbons (Fsp3) is 0.462. The van der Waals surface area contributed by atoms with Crippen molar-refractivity contribution in [2.24, 2.45) is 0 Å². The van der Waals surface area contributed by atoms with Gasteiger partial charge in [-0.3, -0.25) is 18.3 Å². The van der Waals surface area contributed by atoms with Crippen molar-refractivity contribution in [1.82, 2.24) is 28.4 Å². The highest BCUT2D eigenvalue weighted by atomic mass is 127. The molecule has 0 bridgehead atoms. The lowest BCUT2D eigenvalue weighted by atomic mass is 10.0. The lowest BCUT2D eigenvalue weighted by molar-refractivity contribution is -0.130. The van der Waals surface area contributed by atoms with Crippen LogP contribution < -0.4 is 5.69 Å². The highest BCUT2D eigenvalue weighted by Crippen LogP contribution is 2.28. The highest BCUT2D eigenvalue weighted by molar-refractivity contribution is 14.1. The van der Waals surface area contributed by atoms with Gasteiger partial charge in [0.15, 0.2) is 5.65 Å². The van der Waals surface area contributed by atoms with E-state index in [1.807, 2.05) is 50.5 Å². The Bertz CT molecular complexity index is 1510. The van der Waals surface area contributed by atoms with E-state index in [1.165, 1.54) is 0 Å². The van der Waals surface area contributed by atoms with Crippen LogP contribution in [0.2, 0.25) is 25.7 Å². The summed E-state index contributed by atoms with van der Waals surface area (Å²) in [7, 11) is -1.24. The Hall–Kier alpha value is -2.51. The maximum atomic E-state index is 13.8. The summed E-state index contributed by atoms with van der Waals surface area (Å²) >= 11 is 2.29. The second-order valence-electron chi connectivity index (χ2n) is 10.9. The largest absolute Gasteiger partial charge is 0.361 e. The number of carbonyl (C=O) groups excluding carboxylic acids is 1. The fourth-order valence-electron chi connectivity index (χ4n) is 4.87. The molecule has 0 N–H and O–H groups in total. The summed E-state index contributed by atoms with van der Waals surface area (Å²) in [5.74, 6) is 0.0756. The zero-order chi connectivity index (χ0) is 26.3. The van der Waals surface area contributed by atoms with Crippen molar-refractivity contribution in [2.45, 2.75) is 58.2 Å². The first-order chi connectivity index (χ1) is 17.6. The van der Waals surface area contributed by atoms with Crippen molar-refractivity contribution in [3.05, 3.63) is 50.7 Å². The second kappa shape index (κ2) is 10.3. The molecule has 0 unspecified atom stereocenters. The van der Waals surface area contributed by atoms with Crippen molar-refractivity contribution in [1.29, 1.82) is 0 Å². The number of hydrogen-bond acceptors (Lipinski definition) is 5. The molecule has 37 heavy (non-hydrogen) atoms. The predicted octanol–water partition coefficient (Wildman–Crippen LogP) is 4.61. The zero-order valence-corrected chi connectivity index (χ0v) is 24.9. The van der Waals surface area contributed by atoms with E-state index >= 15 is 0 Å². The fourth-order valence-corrected chi connectivity index (χ4v) is 6.08. The number of imidazole rings is 2. The van der Waals surface area contributed by atoms with Gasteiger partial charge in [-0.05, 0) is 65.7 Å². The maximum absolute atomic E-state index is 13.8. The van der Waals surface area contributed by atoms with E-state index < -0.39 is 8.07 Å². The Balaban J connectivity index is 1.55. The number of piperidine rings is 1. The molecular weight excluding hydrogens is 599 g/mol. The van der Waals surface area contributed by atoms with Crippen LogP contribution in [-0.4, -0.2) is 62.1 Å². The van der Waals surface area contributed by atoms with Gasteiger partial charge in [0, 0.05) is 50.5 Å². The Morgan fingerprint density at radius 1 is 1.16 bits per heavy atom. The first kappa shape index (κ1) is 26.1. The summed E-state index contributed by atoms with van der Waals surface area (Å²) in [6.07, 6.45) is 5.29. The van der Waals surface area contributed by atoms with Gasteiger partial charge in [0.25, 0.3) is 0 Å². The van der Waals surface area contributed by atoms with Crippen LogP contribution in [0.15, 0.2) is 41.5 Å². The summed E-state index contributed by atoms with van der Waals surface area (Å²) in [5, 5.41) is 0. The third kappa shape index (κ3) is 5.39. The normalized spacial score (nSPS) is 15.2. The molecule has 1 amide bonds. The molecule has 5 heterocycles. The van der Waals surface area contributed by atoms with Gasteiger partial charge in [-0.1, -0.05) is 19.6 Å². The number of fused-ring (bicyclic) bond motifs is 2. The summed E-state index contributed by atoms with van der Waals surface area (Å²) < 4.78 is 12.6. The summed E-state index contributed by atoms with van der Waals surface area (Å²) in [5.41, 5.74) is 3.78. The number of rotatable bonds is 7. The van der Waals surface area contributed by atoms with Crippen molar-refractivity contribution < 1.29 is 9.53 Å². The molecule has 0 aromatic carbocycles. The third-order valence-electron chi connectivity index (χ3n) is 7.03. The smallest absolute Gasteiger partial charge is 0.332 e. The number of hydrogen-bond donors (Lipinski definition) is 0. The standard InChI is InChI=1S/C26H33IN6O3Si/c1-18(34)30-11-9-20(10-12-30)33-25-22(32(26(33)35)17-36-13-14-37(2,3)4)7-6-21(29-25)23-15-28-24-8-5-19(27)16-31(23)24/h5-8,15-16,20H,9-14,17H2,1-4H3. The Morgan fingerprint density at radius 2 is 1.92 bits per heavy atom. The van der Waals surface area contributed by atoms with E-state index in [0.29, 0.717) is 25.3 Å². The SMILES string of the molecule is CC(=O)N1CCC(n2c(=O)n(COCC[Si](C)(C)C)c3ccc(-c4cnc5ccc(I)cn45)nc32)CC1. The van der Waals surface area contributed by atoms with E-state index in [2.05, 4.69) is 47.2 Å². The summed E-state index contributed by atoms with van der Waals surface area (Å²) in [6, 6.07) is 8.94. The van der Waals surface area contributed by atoms with E-state index in [1.54, 1.807) is 11.5 Å². The van der Waals surface area contributed by atoms with Crippen LogP contribution in [0, 0.1) is 3.57 Å². The van der Waals surface area contributed by atoms with Crippen LogP contribution in [0.1, 0.15) is 25.8 Å². The van der Waals surface area contributed by atoms with Crippen LogP contribution in [0.3, 0.4) is 0 Å². The lowest BCUT2D eigenvalue weighted by Gasteiger charge is -2.31. The number of pyridine rings is 2. The molecule has 0 saturated carbocycles. The minimum atomic E-state index is -1.24. The number of carbonyl (C=O) groups is 1. The van der Waals surface area contributed by atoms with E-state index in [9.17, 15) is 9.59 Å². The predicted molar refractivity (Wildman–Crippen MR) is 156 cm³/mol. The van der Waals surface area contributed by atoms with Gasteiger partial charge >= 0.3 is 5.69 Å². The molecule has 0 spiro atoms. The molecule has 196 valence electrons. The first-order valence-corrected chi connectivity index (χ1v) is 17.5. The van der Waals surface area contributed by atoms with Crippen LogP contribution in [0.5, 0.6) is 0 Å². The molecule has 4 aromatic heterocycles. The number of nitrogens with zero attached hydrogens (tertiary/aromatic N) is 6. The van der Waals surface area contributed by atoms with Crippen molar-refractivity contribution in [2.75, 3.05) is 19.7 Å². The van der Waals surface area contributed by atoms with Gasteiger partial charge in [-0.25, -0.2) is 14.8 Å². The average Bonchev–Trinajstić information content (AvgIpc) is 3.38. The molecule has 1 saturated heterocycles.